The summed E-state index contributed by atoms with van der Waals surface area (Å²) in [4.78, 5) is 27.4. The third kappa shape index (κ3) is 5.42. The van der Waals surface area contributed by atoms with Gasteiger partial charge in [-0.1, -0.05) is 35.3 Å². The number of rotatable bonds is 8. The van der Waals surface area contributed by atoms with Gasteiger partial charge in [-0.3, -0.25) is 14.9 Å². The molecule has 168 valence electrons. The van der Waals surface area contributed by atoms with Crippen molar-refractivity contribution in [3.05, 3.63) is 80.8 Å². The van der Waals surface area contributed by atoms with Gasteiger partial charge < -0.3 is 14.5 Å². The molecule has 0 aliphatic carbocycles. The zero-order chi connectivity index (χ0) is 23.4. The Morgan fingerprint density at radius 2 is 1.94 bits per heavy atom. The first-order chi connectivity index (χ1) is 15.9. The van der Waals surface area contributed by atoms with Gasteiger partial charge in [0.1, 0.15) is 11.3 Å². The number of amides is 1. The number of nitrogens with one attached hydrogen (secondary N) is 1. The second-order valence-corrected chi connectivity index (χ2v) is 7.89. The number of benzene rings is 3. The zero-order valence-corrected chi connectivity index (χ0v) is 18.6. The number of hydrogen-bond donors (Lipinski definition) is 1. The molecule has 0 aliphatic rings. The molecular formula is C23H17Cl2N3O5. The Balaban J connectivity index is 1.40. The Morgan fingerprint density at radius 1 is 1.12 bits per heavy atom. The van der Waals surface area contributed by atoms with Crippen LogP contribution in [0, 0.1) is 10.1 Å². The maximum Gasteiger partial charge on any atom is 0.273 e. The van der Waals surface area contributed by atoms with E-state index in [1.54, 1.807) is 42.5 Å². The number of aromatic nitrogens is 1. The molecule has 4 rings (SSSR count). The molecule has 0 bridgehead atoms. The molecule has 8 nitrogen and oxygen atoms in total. The number of nitro groups is 1. The molecule has 1 amide bonds. The van der Waals surface area contributed by atoms with Crippen molar-refractivity contribution in [1.82, 2.24) is 4.98 Å². The number of carbonyl (C=O) groups excluding carboxylic acids is 1. The average molecular weight is 486 g/mol. The third-order valence-electron chi connectivity index (χ3n) is 4.71. The van der Waals surface area contributed by atoms with E-state index in [0.29, 0.717) is 51.2 Å². The summed E-state index contributed by atoms with van der Waals surface area (Å²) in [6.45, 7) is 0.306. The van der Waals surface area contributed by atoms with E-state index in [9.17, 15) is 14.9 Å². The van der Waals surface area contributed by atoms with Crippen LogP contribution in [0.25, 0.3) is 22.6 Å². The first-order valence-corrected chi connectivity index (χ1v) is 10.7. The first-order valence-electron chi connectivity index (χ1n) is 9.93. The summed E-state index contributed by atoms with van der Waals surface area (Å²) in [6.07, 6.45) is 0.693. The van der Waals surface area contributed by atoms with Crippen molar-refractivity contribution in [3.63, 3.8) is 0 Å². The topological polar surface area (TPSA) is 108 Å². The van der Waals surface area contributed by atoms with Crippen LogP contribution in [-0.2, 0) is 4.79 Å². The number of para-hydroxylation sites is 1. The standard InChI is InChI=1S/C23H17Cl2N3O5/c24-14-7-10-20(17(25)12-14)32-11-3-6-22(29)26-18-5-2-1-4-16(18)23-27-19-9-8-15(28(30)31)13-21(19)33-23/h1-2,4-5,7-10,12-13H,3,6,11H2,(H,26,29). The van der Waals surface area contributed by atoms with E-state index >= 15 is 0 Å². The van der Waals surface area contributed by atoms with Gasteiger partial charge in [-0.2, -0.15) is 0 Å². The number of anilines is 1. The summed E-state index contributed by atoms with van der Waals surface area (Å²) in [7, 11) is 0. The van der Waals surface area contributed by atoms with Crippen molar-refractivity contribution in [2.45, 2.75) is 12.8 Å². The summed E-state index contributed by atoms with van der Waals surface area (Å²) in [6, 6.07) is 16.2. The number of fused-ring (bicyclic) bond motifs is 1. The van der Waals surface area contributed by atoms with Gasteiger partial charge in [-0.05, 0) is 42.8 Å². The van der Waals surface area contributed by atoms with Gasteiger partial charge in [0.2, 0.25) is 11.8 Å². The Labute approximate surface area is 198 Å². The van der Waals surface area contributed by atoms with Gasteiger partial charge in [0, 0.05) is 17.5 Å². The molecule has 4 aromatic rings. The van der Waals surface area contributed by atoms with E-state index in [2.05, 4.69) is 10.3 Å². The molecule has 0 fully saturated rings. The summed E-state index contributed by atoms with van der Waals surface area (Å²) in [5.74, 6) is 0.546. The Bertz CT molecular complexity index is 1340. The monoisotopic (exact) mass is 485 g/mol. The third-order valence-corrected chi connectivity index (χ3v) is 5.24. The summed E-state index contributed by atoms with van der Waals surface area (Å²) >= 11 is 11.9. The molecule has 0 spiro atoms. The smallest absolute Gasteiger partial charge is 0.273 e. The van der Waals surface area contributed by atoms with Crippen molar-refractivity contribution in [1.29, 1.82) is 0 Å². The fourth-order valence-corrected chi connectivity index (χ4v) is 3.60. The number of non-ortho nitro benzene ring substituents is 1. The van der Waals surface area contributed by atoms with Crippen LogP contribution in [0.4, 0.5) is 11.4 Å². The van der Waals surface area contributed by atoms with Crippen molar-refractivity contribution in [2.75, 3.05) is 11.9 Å². The van der Waals surface area contributed by atoms with Gasteiger partial charge in [0.05, 0.1) is 33.9 Å². The summed E-state index contributed by atoms with van der Waals surface area (Å²) in [5.41, 5.74) is 1.76. The number of hydrogen-bond acceptors (Lipinski definition) is 6. The normalized spacial score (nSPS) is 10.8. The minimum absolute atomic E-state index is 0.0890. The fraction of sp³-hybridized carbons (Fsp3) is 0.130. The Kier molecular flexibility index (Phi) is 6.76. The molecule has 1 N–H and O–H groups in total. The molecule has 1 heterocycles. The number of oxazole rings is 1. The molecule has 10 heteroatoms. The maximum absolute atomic E-state index is 12.5. The molecule has 0 saturated carbocycles. The lowest BCUT2D eigenvalue weighted by molar-refractivity contribution is -0.384. The van der Waals surface area contributed by atoms with Crippen LogP contribution in [0.5, 0.6) is 5.75 Å². The highest BCUT2D eigenvalue weighted by Crippen LogP contribution is 2.32. The van der Waals surface area contributed by atoms with Gasteiger partial charge in [-0.15, -0.1) is 0 Å². The molecule has 0 atom stereocenters. The summed E-state index contributed by atoms with van der Waals surface area (Å²) in [5, 5.41) is 14.8. The molecule has 0 unspecified atom stereocenters. The highest BCUT2D eigenvalue weighted by atomic mass is 35.5. The molecule has 3 aromatic carbocycles. The van der Waals surface area contributed by atoms with Crippen LogP contribution >= 0.6 is 23.2 Å². The molecule has 1 aromatic heterocycles. The minimum Gasteiger partial charge on any atom is -0.492 e. The van der Waals surface area contributed by atoms with Crippen molar-refractivity contribution < 1.29 is 18.9 Å². The highest BCUT2D eigenvalue weighted by molar-refractivity contribution is 6.35. The average Bonchev–Trinajstić information content (AvgIpc) is 3.21. The van der Waals surface area contributed by atoms with E-state index in [1.807, 2.05) is 0 Å². The second kappa shape index (κ2) is 9.89. The van der Waals surface area contributed by atoms with Crippen molar-refractivity contribution in [3.8, 4) is 17.2 Å². The lowest BCUT2D eigenvalue weighted by Gasteiger charge is -2.10. The zero-order valence-electron chi connectivity index (χ0n) is 17.1. The predicted molar refractivity (Wildman–Crippen MR) is 126 cm³/mol. The lowest BCUT2D eigenvalue weighted by Crippen LogP contribution is -2.13. The Hall–Kier alpha value is -3.62. The quantitative estimate of drug-likeness (QED) is 0.173. The number of halogens is 2. The first kappa shape index (κ1) is 22.6. The number of nitro benzene ring substituents is 1. The van der Waals surface area contributed by atoms with E-state index in [1.165, 1.54) is 18.2 Å². The van der Waals surface area contributed by atoms with E-state index < -0.39 is 4.92 Å². The number of carbonyl (C=O) groups is 1. The molecule has 33 heavy (non-hydrogen) atoms. The number of ether oxygens (including phenoxy) is 1. The Morgan fingerprint density at radius 3 is 2.73 bits per heavy atom. The molecule has 0 aliphatic heterocycles. The van der Waals surface area contributed by atoms with Crippen molar-refractivity contribution in [2.24, 2.45) is 0 Å². The largest absolute Gasteiger partial charge is 0.492 e. The van der Waals surface area contributed by atoms with Crippen LogP contribution in [-0.4, -0.2) is 22.4 Å². The maximum atomic E-state index is 12.5. The van der Waals surface area contributed by atoms with Crippen LogP contribution in [0.2, 0.25) is 10.0 Å². The minimum atomic E-state index is -0.500. The van der Waals surface area contributed by atoms with Crippen molar-refractivity contribution >= 4 is 51.6 Å². The van der Waals surface area contributed by atoms with E-state index in [4.69, 9.17) is 32.4 Å². The number of nitrogens with zero attached hydrogens (tertiary/aromatic N) is 2. The highest BCUT2D eigenvalue weighted by Gasteiger charge is 2.16. The fourth-order valence-electron chi connectivity index (χ4n) is 3.14. The van der Waals surface area contributed by atoms with Gasteiger partial charge >= 0.3 is 0 Å². The lowest BCUT2D eigenvalue weighted by atomic mass is 10.1. The predicted octanol–water partition coefficient (Wildman–Crippen LogP) is 6.51. The van der Waals surface area contributed by atoms with Gasteiger partial charge in [-0.25, -0.2) is 4.98 Å². The van der Waals surface area contributed by atoms with E-state index in [-0.39, 0.29) is 23.9 Å². The molecule has 0 radical (unpaired) electrons. The molecule has 0 saturated heterocycles. The van der Waals surface area contributed by atoms with Gasteiger partial charge in [0.15, 0.2) is 5.58 Å². The molecular weight excluding hydrogens is 469 g/mol. The summed E-state index contributed by atoms with van der Waals surface area (Å²) < 4.78 is 11.3. The van der Waals surface area contributed by atoms with Crippen LogP contribution in [0.1, 0.15) is 12.8 Å². The van der Waals surface area contributed by atoms with E-state index in [0.717, 1.165) is 0 Å². The van der Waals surface area contributed by atoms with Crippen LogP contribution in [0.3, 0.4) is 0 Å². The van der Waals surface area contributed by atoms with Gasteiger partial charge in [0.25, 0.3) is 5.69 Å². The van der Waals surface area contributed by atoms with Crippen LogP contribution in [0.15, 0.2) is 65.1 Å². The SMILES string of the molecule is O=C(CCCOc1ccc(Cl)cc1Cl)Nc1ccccc1-c1nc2ccc([N+](=O)[O-])cc2o1. The second-order valence-electron chi connectivity index (χ2n) is 7.05. The van der Waals surface area contributed by atoms with Crippen LogP contribution < -0.4 is 10.1 Å².